The maximum atomic E-state index is 12.4. The van der Waals surface area contributed by atoms with E-state index >= 15 is 0 Å². The minimum atomic E-state index is 0.0139. The van der Waals surface area contributed by atoms with Gasteiger partial charge in [0.15, 0.2) is 0 Å². The smallest absolute Gasteiger partial charge is 0.254 e. The van der Waals surface area contributed by atoms with Crippen LogP contribution in [0.2, 0.25) is 0 Å². The third kappa shape index (κ3) is 3.08. The van der Waals surface area contributed by atoms with E-state index in [1.807, 2.05) is 6.20 Å². The predicted molar refractivity (Wildman–Crippen MR) is 87.1 cm³/mol. The molecule has 1 saturated heterocycles. The fraction of sp³-hybridized carbons (Fsp3) is 0.312. The number of benzene rings is 1. The number of carbonyl (C=O) groups excluding carboxylic acids is 1. The largest absolute Gasteiger partial charge is 0.497 e. The molecule has 1 aromatic carbocycles. The van der Waals surface area contributed by atoms with E-state index in [1.54, 1.807) is 58.1 Å². The van der Waals surface area contributed by atoms with Gasteiger partial charge in [-0.15, -0.1) is 5.10 Å². The summed E-state index contributed by atoms with van der Waals surface area (Å²) in [5, 5.41) is 16.4. The average molecular weight is 339 g/mol. The van der Waals surface area contributed by atoms with Gasteiger partial charge in [0, 0.05) is 18.7 Å². The molecule has 0 bridgehead atoms. The zero-order valence-corrected chi connectivity index (χ0v) is 13.7. The van der Waals surface area contributed by atoms with Crippen molar-refractivity contribution in [2.45, 2.75) is 12.6 Å². The molecular formula is C16H17N7O2. The number of hydrogen-bond acceptors (Lipinski definition) is 6. The number of aromatic nitrogens is 6. The first-order valence-corrected chi connectivity index (χ1v) is 7.91. The number of likely N-dealkylation sites (tertiary alicyclic amines) is 1. The standard InChI is InChI=1S/C16H17N7O2/c1-25-15-4-2-12(3-5-15)16(24)21-10-14(11-21)22-8-13(19-20-22)9-23-17-6-7-18-23/h2-8,14H,9-11H2,1H3. The Hall–Kier alpha value is -3.23. The van der Waals surface area contributed by atoms with E-state index in [1.165, 1.54) is 0 Å². The summed E-state index contributed by atoms with van der Waals surface area (Å²) in [5.74, 6) is 0.750. The second-order valence-electron chi connectivity index (χ2n) is 5.84. The molecule has 0 atom stereocenters. The molecule has 9 heteroatoms. The van der Waals surface area contributed by atoms with Gasteiger partial charge >= 0.3 is 0 Å². The van der Waals surface area contributed by atoms with Crippen LogP contribution in [-0.2, 0) is 6.54 Å². The Labute approximate surface area is 143 Å². The third-order valence-electron chi connectivity index (χ3n) is 4.19. The Bertz CT molecular complexity index is 851. The average Bonchev–Trinajstić information content (AvgIpc) is 3.26. The molecule has 25 heavy (non-hydrogen) atoms. The summed E-state index contributed by atoms with van der Waals surface area (Å²) in [4.78, 5) is 15.8. The highest BCUT2D eigenvalue weighted by molar-refractivity contribution is 5.94. The predicted octanol–water partition coefficient (Wildman–Crippen LogP) is 0.624. The molecule has 0 radical (unpaired) electrons. The van der Waals surface area contributed by atoms with Crippen LogP contribution in [0.25, 0.3) is 0 Å². The molecule has 2 aromatic heterocycles. The van der Waals surface area contributed by atoms with Crippen molar-refractivity contribution in [3.05, 3.63) is 54.1 Å². The fourth-order valence-corrected chi connectivity index (χ4v) is 2.74. The van der Waals surface area contributed by atoms with E-state index in [2.05, 4.69) is 20.5 Å². The van der Waals surface area contributed by atoms with Crippen LogP contribution < -0.4 is 4.74 Å². The maximum Gasteiger partial charge on any atom is 0.254 e. The lowest BCUT2D eigenvalue weighted by Crippen LogP contribution is -2.50. The Morgan fingerprint density at radius 1 is 1.20 bits per heavy atom. The van der Waals surface area contributed by atoms with Crippen molar-refractivity contribution in [2.24, 2.45) is 0 Å². The van der Waals surface area contributed by atoms with Gasteiger partial charge in [0.05, 0.1) is 31.7 Å². The van der Waals surface area contributed by atoms with Gasteiger partial charge in [-0.2, -0.15) is 15.0 Å². The van der Waals surface area contributed by atoms with E-state index in [4.69, 9.17) is 4.74 Å². The number of hydrogen-bond donors (Lipinski definition) is 0. The summed E-state index contributed by atoms with van der Waals surface area (Å²) < 4.78 is 6.91. The first-order chi connectivity index (χ1) is 12.2. The van der Waals surface area contributed by atoms with Gasteiger partial charge < -0.3 is 9.64 Å². The van der Waals surface area contributed by atoms with Gasteiger partial charge in [-0.05, 0) is 24.3 Å². The molecule has 1 fully saturated rings. The number of ether oxygens (including phenoxy) is 1. The molecule has 1 aliphatic heterocycles. The number of methoxy groups -OCH3 is 1. The molecule has 0 aliphatic carbocycles. The van der Waals surface area contributed by atoms with E-state index in [9.17, 15) is 4.79 Å². The molecule has 0 saturated carbocycles. The molecule has 9 nitrogen and oxygen atoms in total. The third-order valence-corrected chi connectivity index (χ3v) is 4.19. The monoisotopic (exact) mass is 339 g/mol. The topological polar surface area (TPSA) is 91.0 Å². The zero-order chi connectivity index (χ0) is 17.2. The highest BCUT2D eigenvalue weighted by Crippen LogP contribution is 2.23. The van der Waals surface area contributed by atoms with Crippen molar-refractivity contribution in [3.8, 4) is 5.75 Å². The lowest BCUT2D eigenvalue weighted by atomic mass is 10.1. The molecule has 128 valence electrons. The van der Waals surface area contributed by atoms with Crippen LogP contribution in [0, 0.1) is 0 Å². The molecular weight excluding hydrogens is 322 g/mol. The van der Waals surface area contributed by atoms with Crippen LogP contribution in [0.1, 0.15) is 22.1 Å². The van der Waals surface area contributed by atoms with Crippen LogP contribution in [-0.4, -0.2) is 61.0 Å². The number of amides is 1. The van der Waals surface area contributed by atoms with Crippen LogP contribution in [0.4, 0.5) is 0 Å². The Balaban J connectivity index is 1.35. The van der Waals surface area contributed by atoms with E-state index in [0.29, 0.717) is 25.2 Å². The fourth-order valence-electron chi connectivity index (χ4n) is 2.74. The second kappa shape index (κ2) is 6.34. The van der Waals surface area contributed by atoms with Crippen molar-refractivity contribution in [2.75, 3.05) is 20.2 Å². The normalized spacial score (nSPS) is 14.4. The number of rotatable bonds is 5. The Morgan fingerprint density at radius 2 is 1.92 bits per heavy atom. The first-order valence-electron chi connectivity index (χ1n) is 7.91. The van der Waals surface area contributed by atoms with Crippen molar-refractivity contribution < 1.29 is 9.53 Å². The van der Waals surface area contributed by atoms with Gasteiger partial charge in [0.2, 0.25) is 0 Å². The molecule has 0 spiro atoms. The minimum absolute atomic E-state index is 0.0139. The summed E-state index contributed by atoms with van der Waals surface area (Å²) in [7, 11) is 1.60. The van der Waals surface area contributed by atoms with Crippen molar-refractivity contribution >= 4 is 5.91 Å². The zero-order valence-electron chi connectivity index (χ0n) is 13.7. The first kappa shape index (κ1) is 15.3. The lowest BCUT2D eigenvalue weighted by Gasteiger charge is -2.38. The summed E-state index contributed by atoms with van der Waals surface area (Å²) >= 11 is 0. The molecule has 0 N–H and O–H groups in total. The van der Waals surface area contributed by atoms with Crippen LogP contribution in [0.5, 0.6) is 5.75 Å². The van der Waals surface area contributed by atoms with Crippen LogP contribution >= 0.6 is 0 Å². The van der Waals surface area contributed by atoms with Gasteiger partial charge in [0.25, 0.3) is 5.91 Å². The summed E-state index contributed by atoms with van der Waals surface area (Å²) in [6.45, 7) is 1.72. The maximum absolute atomic E-state index is 12.4. The number of carbonyl (C=O) groups is 1. The van der Waals surface area contributed by atoms with Crippen LogP contribution in [0.3, 0.4) is 0 Å². The highest BCUT2D eigenvalue weighted by atomic mass is 16.5. The molecule has 4 rings (SSSR count). The quantitative estimate of drug-likeness (QED) is 0.677. The minimum Gasteiger partial charge on any atom is -0.497 e. The van der Waals surface area contributed by atoms with E-state index < -0.39 is 0 Å². The molecule has 0 unspecified atom stereocenters. The van der Waals surface area contributed by atoms with Crippen molar-refractivity contribution in [3.63, 3.8) is 0 Å². The lowest BCUT2D eigenvalue weighted by molar-refractivity contribution is 0.0498. The summed E-state index contributed by atoms with van der Waals surface area (Å²) in [5.41, 5.74) is 1.44. The summed E-state index contributed by atoms with van der Waals surface area (Å²) in [6, 6.07) is 7.28. The summed E-state index contributed by atoms with van der Waals surface area (Å²) in [6.07, 6.45) is 5.13. The molecule has 1 aliphatic rings. The Morgan fingerprint density at radius 3 is 2.60 bits per heavy atom. The van der Waals surface area contributed by atoms with Crippen LogP contribution in [0.15, 0.2) is 42.9 Å². The Kier molecular flexibility index (Phi) is 3.88. The molecule has 3 aromatic rings. The van der Waals surface area contributed by atoms with E-state index in [-0.39, 0.29) is 11.9 Å². The van der Waals surface area contributed by atoms with Gasteiger partial charge in [0.1, 0.15) is 18.0 Å². The van der Waals surface area contributed by atoms with Gasteiger partial charge in [-0.1, -0.05) is 5.21 Å². The van der Waals surface area contributed by atoms with Crippen molar-refractivity contribution in [1.82, 2.24) is 34.9 Å². The molecule has 1 amide bonds. The van der Waals surface area contributed by atoms with Crippen molar-refractivity contribution in [1.29, 1.82) is 0 Å². The number of nitrogens with zero attached hydrogens (tertiary/aromatic N) is 7. The SMILES string of the molecule is COc1ccc(C(=O)N2CC(n3cc(Cn4nccn4)nn3)C2)cc1. The van der Waals surface area contributed by atoms with Gasteiger partial charge in [-0.25, -0.2) is 4.68 Å². The van der Waals surface area contributed by atoms with E-state index in [0.717, 1.165) is 11.4 Å². The molecule has 3 heterocycles. The van der Waals surface area contributed by atoms with Gasteiger partial charge in [-0.3, -0.25) is 4.79 Å². The highest BCUT2D eigenvalue weighted by Gasteiger charge is 2.33. The second-order valence-corrected chi connectivity index (χ2v) is 5.84.